The van der Waals surface area contributed by atoms with Gasteiger partial charge in [0.2, 0.25) is 5.91 Å². The Bertz CT molecular complexity index is 1690. The molecular weight excluding hydrogens is 976 g/mol. The van der Waals surface area contributed by atoms with Crippen molar-refractivity contribution in [3.63, 3.8) is 0 Å². The van der Waals surface area contributed by atoms with Gasteiger partial charge in [-0.05, 0) is 96.0 Å². The summed E-state index contributed by atoms with van der Waals surface area (Å²) in [4.78, 5) is 37.6. The Hall–Kier alpha value is -3.33. The van der Waals surface area contributed by atoms with Gasteiger partial charge in [-0.15, -0.1) is 0 Å². The van der Waals surface area contributed by atoms with Crippen LogP contribution in [-0.2, 0) is 27.9 Å². The van der Waals surface area contributed by atoms with E-state index in [1.165, 1.54) is 89.9 Å². The number of nitrogens with zero attached hydrogens (tertiary/aromatic N) is 1. The van der Waals surface area contributed by atoms with Crippen LogP contribution in [0.3, 0.4) is 0 Å². The smallest absolute Gasteiger partial charge is 0.456 e. The van der Waals surface area contributed by atoms with Gasteiger partial charge in [0.05, 0.1) is 33.8 Å². The summed E-state index contributed by atoms with van der Waals surface area (Å²) in [5.41, 5.74) is 0. The lowest BCUT2D eigenvalue weighted by Gasteiger charge is -2.27. The van der Waals surface area contributed by atoms with E-state index in [2.05, 4.69) is 123 Å². The van der Waals surface area contributed by atoms with E-state index in [0.29, 0.717) is 23.9 Å². The number of esters is 1. The third kappa shape index (κ3) is 57.2. The number of carbonyl (C=O) groups excluding carboxylic acids is 2. The second kappa shape index (κ2) is 56.0. The van der Waals surface area contributed by atoms with Crippen molar-refractivity contribution in [2.75, 3.05) is 40.9 Å². The summed E-state index contributed by atoms with van der Waals surface area (Å²) in [6.45, 7) is 6.73. The number of hydrogen-bond acceptors (Lipinski definition) is 6. The van der Waals surface area contributed by atoms with Gasteiger partial charge in [-0.1, -0.05) is 252 Å². The number of carbonyl (C=O) groups is 2. The van der Waals surface area contributed by atoms with E-state index in [4.69, 9.17) is 13.8 Å². The van der Waals surface area contributed by atoms with Crippen molar-refractivity contribution < 1.29 is 37.3 Å². The molecule has 0 aliphatic heterocycles. The van der Waals surface area contributed by atoms with Crippen LogP contribution in [-0.4, -0.2) is 74.3 Å². The molecule has 0 aliphatic rings. The van der Waals surface area contributed by atoms with E-state index in [1.54, 1.807) is 0 Å². The number of amides is 1. The van der Waals surface area contributed by atoms with Gasteiger partial charge in [0, 0.05) is 12.8 Å². The van der Waals surface area contributed by atoms with E-state index in [1.807, 2.05) is 33.3 Å². The minimum absolute atomic E-state index is 0.0311. The molecule has 0 aromatic rings. The maximum absolute atomic E-state index is 13.5. The SMILES string of the molecule is CC/C=C\C/C=C\C/C=C\C/C=C\C/C=C\CCCCCCCCCCCCCC(=O)NC(COP(=O)(O)OCC[N+](C)(C)C)C(/C=C\CCCCCCCCCCC)OC(=O)CCCCCCC\C=C/C=C/C=C/CC. The molecule has 10 heteroatoms. The molecule has 0 aliphatic carbocycles. The summed E-state index contributed by atoms with van der Waals surface area (Å²) in [5.74, 6) is -0.538. The van der Waals surface area contributed by atoms with Gasteiger partial charge in [-0.3, -0.25) is 18.6 Å². The van der Waals surface area contributed by atoms with Gasteiger partial charge in [0.25, 0.3) is 0 Å². The quantitative estimate of drug-likeness (QED) is 0.0156. The maximum Gasteiger partial charge on any atom is 0.472 e. The fourth-order valence-electron chi connectivity index (χ4n) is 8.50. The molecule has 2 N–H and O–H groups in total. The molecule has 0 heterocycles. The summed E-state index contributed by atoms with van der Waals surface area (Å²) in [5, 5.41) is 3.05. The van der Waals surface area contributed by atoms with Crippen molar-refractivity contribution in [1.82, 2.24) is 5.32 Å². The molecule has 0 bridgehead atoms. The Kier molecular flexibility index (Phi) is 53.5. The Morgan fingerprint density at radius 1 is 0.481 bits per heavy atom. The molecule has 0 aromatic heterocycles. The topological polar surface area (TPSA) is 111 Å². The molecular formula is C67H118N2O7P+. The van der Waals surface area contributed by atoms with Crippen molar-refractivity contribution in [1.29, 1.82) is 0 Å². The number of ether oxygens (including phenoxy) is 1. The van der Waals surface area contributed by atoms with Crippen molar-refractivity contribution in [3.05, 3.63) is 109 Å². The largest absolute Gasteiger partial charge is 0.472 e. The Labute approximate surface area is 474 Å². The highest BCUT2D eigenvalue weighted by atomic mass is 31.2. The van der Waals surface area contributed by atoms with Crippen molar-refractivity contribution >= 4 is 19.7 Å². The van der Waals surface area contributed by atoms with Crippen LogP contribution in [0.15, 0.2) is 109 Å². The van der Waals surface area contributed by atoms with Crippen molar-refractivity contribution in [2.24, 2.45) is 0 Å². The predicted octanol–water partition coefficient (Wildman–Crippen LogP) is 19.3. The molecule has 0 saturated heterocycles. The minimum Gasteiger partial charge on any atom is -0.456 e. The van der Waals surface area contributed by atoms with E-state index in [0.717, 1.165) is 122 Å². The zero-order valence-electron chi connectivity index (χ0n) is 50.4. The summed E-state index contributed by atoms with van der Waals surface area (Å²) >= 11 is 0. The first-order chi connectivity index (χ1) is 37.4. The highest BCUT2D eigenvalue weighted by Crippen LogP contribution is 2.43. The van der Waals surface area contributed by atoms with Crippen LogP contribution in [0.1, 0.15) is 252 Å². The second-order valence-corrected chi connectivity index (χ2v) is 23.3. The average Bonchev–Trinajstić information content (AvgIpc) is 3.39. The fraction of sp³-hybridized carbons (Fsp3) is 0.701. The predicted molar refractivity (Wildman–Crippen MR) is 332 cm³/mol. The molecule has 0 rings (SSSR count). The van der Waals surface area contributed by atoms with Crippen molar-refractivity contribution in [2.45, 2.75) is 264 Å². The first-order valence-corrected chi connectivity index (χ1v) is 32.7. The first kappa shape index (κ1) is 73.7. The molecule has 9 nitrogen and oxygen atoms in total. The highest BCUT2D eigenvalue weighted by molar-refractivity contribution is 7.47. The van der Waals surface area contributed by atoms with Crippen LogP contribution >= 0.6 is 7.82 Å². The molecule has 0 saturated carbocycles. The summed E-state index contributed by atoms with van der Waals surface area (Å²) in [7, 11) is 1.47. The number of unbranched alkanes of at least 4 members (excludes halogenated alkanes) is 25. The van der Waals surface area contributed by atoms with Crippen LogP contribution < -0.4 is 5.32 Å². The molecule has 0 fully saturated rings. The zero-order chi connectivity index (χ0) is 56.4. The van der Waals surface area contributed by atoms with Gasteiger partial charge in [-0.25, -0.2) is 4.57 Å². The fourth-order valence-corrected chi connectivity index (χ4v) is 9.23. The summed E-state index contributed by atoms with van der Waals surface area (Å²) in [6.07, 6.45) is 76.7. The number of quaternary nitrogens is 1. The lowest BCUT2D eigenvalue weighted by Crippen LogP contribution is -2.47. The van der Waals surface area contributed by atoms with Gasteiger partial charge in [0.15, 0.2) is 0 Å². The van der Waals surface area contributed by atoms with Gasteiger partial charge >= 0.3 is 13.8 Å². The van der Waals surface area contributed by atoms with Gasteiger partial charge < -0.3 is 19.4 Å². The summed E-state index contributed by atoms with van der Waals surface area (Å²) < 4.78 is 30.6. The third-order valence-electron chi connectivity index (χ3n) is 13.3. The Morgan fingerprint density at radius 2 is 0.896 bits per heavy atom. The molecule has 0 spiro atoms. The number of allylic oxidation sites excluding steroid dienone is 17. The molecule has 442 valence electrons. The van der Waals surface area contributed by atoms with E-state index in [9.17, 15) is 19.0 Å². The maximum atomic E-state index is 13.5. The van der Waals surface area contributed by atoms with Gasteiger partial charge in [-0.2, -0.15) is 0 Å². The molecule has 77 heavy (non-hydrogen) atoms. The number of rotatable bonds is 55. The van der Waals surface area contributed by atoms with Crippen LogP contribution in [0.5, 0.6) is 0 Å². The molecule has 0 radical (unpaired) electrons. The standard InChI is InChI=1S/C67H117N2O7P/c1-7-10-13-16-19-22-25-27-28-29-30-31-32-33-34-35-36-37-38-39-40-42-44-47-50-53-56-59-66(70)68-64(63-75-77(72,73)74-62-61-69(4,5)6)65(58-55-52-49-46-43-24-21-18-15-12-9-3)76-67(71)60-57-54-51-48-45-41-26-23-20-17-14-11-8-2/h10-11,13-14,17,19-20,22-23,26-28,30-31,33-34,55,58,64-65H,7-9,12,15-16,18,21,24-25,29,32,35-54,56-57,59-63H2,1-6H3,(H-,68,70,72,73)/p+1/b13-10-,14-11+,20-17+,22-19-,26-23-,28-27-,31-30-,34-33-,58-55-. The Morgan fingerprint density at radius 3 is 1.39 bits per heavy atom. The number of likely N-dealkylation sites (N-methyl/N-ethyl adjacent to an activating group) is 1. The van der Waals surface area contributed by atoms with Crippen LogP contribution in [0.25, 0.3) is 0 Å². The number of nitrogens with one attached hydrogen (secondary N) is 1. The third-order valence-corrected chi connectivity index (χ3v) is 14.3. The van der Waals surface area contributed by atoms with Gasteiger partial charge in [0.1, 0.15) is 19.3 Å². The molecule has 1 amide bonds. The van der Waals surface area contributed by atoms with Crippen molar-refractivity contribution in [3.8, 4) is 0 Å². The molecule has 3 unspecified atom stereocenters. The number of phosphoric ester groups is 1. The lowest BCUT2D eigenvalue weighted by molar-refractivity contribution is -0.870. The highest BCUT2D eigenvalue weighted by Gasteiger charge is 2.30. The van der Waals surface area contributed by atoms with E-state index < -0.39 is 20.0 Å². The molecule has 0 aromatic carbocycles. The van der Waals surface area contributed by atoms with E-state index >= 15 is 0 Å². The monoisotopic (exact) mass is 1090 g/mol. The second-order valence-electron chi connectivity index (χ2n) is 21.9. The summed E-state index contributed by atoms with van der Waals surface area (Å²) in [6, 6.07) is -0.864. The van der Waals surface area contributed by atoms with Crippen LogP contribution in [0, 0.1) is 0 Å². The Balaban J connectivity index is 5.07. The van der Waals surface area contributed by atoms with Crippen LogP contribution in [0.2, 0.25) is 0 Å². The number of phosphoric acid groups is 1. The first-order valence-electron chi connectivity index (χ1n) is 31.2. The molecule has 3 atom stereocenters. The number of hydrogen-bond donors (Lipinski definition) is 2. The minimum atomic E-state index is -4.46. The average molecular weight is 1090 g/mol. The zero-order valence-corrected chi connectivity index (χ0v) is 51.3. The normalized spacial score (nSPS) is 14.4. The van der Waals surface area contributed by atoms with Crippen LogP contribution in [0.4, 0.5) is 0 Å². The van der Waals surface area contributed by atoms with E-state index in [-0.39, 0.29) is 31.5 Å². The lowest BCUT2D eigenvalue weighted by atomic mass is 10.0.